The average Bonchev–Trinajstić information content (AvgIpc) is 3.00. The highest BCUT2D eigenvalue weighted by Gasteiger charge is 2.22. The second kappa shape index (κ2) is 8.10. The van der Waals surface area contributed by atoms with Crippen molar-refractivity contribution in [3.63, 3.8) is 0 Å². The van der Waals surface area contributed by atoms with Crippen LogP contribution in [0, 0.1) is 0 Å². The van der Waals surface area contributed by atoms with E-state index in [2.05, 4.69) is 10.6 Å². The molecule has 1 saturated heterocycles. The van der Waals surface area contributed by atoms with Gasteiger partial charge in [0.25, 0.3) is 0 Å². The highest BCUT2D eigenvalue weighted by atomic mass is 35.5. The number of thioether (sulfide) groups is 1. The molecular weight excluding hydrogens is 335 g/mol. The van der Waals surface area contributed by atoms with Crippen molar-refractivity contribution in [2.24, 2.45) is 0 Å². The molecule has 1 aliphatic heterocycles. The summed E-state index contributed by atoms with van der Waals surface area (Å²) < 4.78 is 5.40. The number of ether oxygens (including phenoxy) is 1. The van der Waals surface area contributed by atoms with Gasteiger partial charge in [0, 0.05) is 18.2 Å². The molecule has 5 nitrogen and oxygen atoms in total. The number of nitrogens with one attached hydrogen (secondary N) is 2. The van der Waals surface area contributed by atoms with E-state index in [0.29, 0.717) is 15.8 Å². The molecule has 1 aromatic carbocycles. The third kappa shape index (κ3) is 4.93. The highest BCUT2D eigenvalue weighted by molar-refractivity contribution is 7.99. The first-order valence-electron chi connectivity index (χ1n) is 6.41. The van der Waals surface area contributed by atoms with Gasteiger partial charge in [-0.3, -0.25) is 10.1 Å². The first-order chi connectivity index (χ1) is 10.1. The molecule has 0 radical (unpaired) electrons. The van der Waals surface area contributed by atoms with Crippen molar-refractivity contribution in [2.45, 2.75) is 12.1 Å². The van der Waals surface area contributed by atoms with Crippen molar-refractivity contribution in [2.75, 3.05) is 24.8 Å². The number of rotatable bonds is 6. The molecule has 2 atom stereocenters. The largest absolute Gasteiger partial charge is 0.489 e. The zero-order valence-corrected chi connectivity index (χ0v) is 13.5. The summed E-state index contributed by atoms with van der Waals surface area (Å²) in [6, 6.07) is 4.84. The zero-order valence-electron chi connectivity index (χ0n) is 11.1. The van der Waals surface area contributed by atoms with Crippen LogP contribution in [0.5, 0.6) is 5.75 Å². The minimum atomic E-state index is -0.821. The maximum absolute atomic E-state index is 11.7. The van der Waals surface area contributed by atoms with Crippen molar-refractivity contribution in [1.82, 2.24) is 10.6 Å². The van der Waals surface area contributed by atoms with Gasteiger partial charge in [-0.25, -0.2) is 0 Å². The zero-order chi connectivity index (χ0) is 15.2. The molecular formula is C13H16Cl2N2O3S. The Kier molecular flexibility index (Phi) is 6.44. The number of aliphatic hydroxyl groups excluding tert-OH is 1. The summed E-state index contributed by atoms with van der Waals surface area (Å²) in [5, 5.41) is 16.3. The summed E-state index contributed by atoms with van der Waals surface area (Å²) >= 11 is 13.5. The second-order valence-electron chi connectivity index (χ2n) is 4.53. The van der Waals surface area contributed by atoms with Gasteiger partial charge >= 0.3 is 0 Å². The molecule has 1 amide bonds. The molecule has 3 N–H and O–H groups in total. The molecule has 1 fully saturated rings. The Labute approximate surface area is 137 Å². The summed E-state index contributed by atoms with van der Waals surface area (Å²) in [5.74, 6) is 1.82. The van der Waals surface area contributed by atoms with Crippen molar-refractivity contribution < 1.29 is 14.6 Å². The van der Waals surface area contributed by atoms with E-state index in [9.17, 15) is 9.90 Å². The average molecular weight is 351 g/mol. The number of halogens is 2. The van der Waals surface area contributed by atoms with Crippen molar-refractivity contribution >= 4 is 40.9 Å². The summed E-state index contributed by atoms with van der Waals surface area (Å²) in [5.41, 5.74) is 0. The van der Waals surface area contributed by atoms with Gasteiger partial charge in [0.15, 0.2) is 0 Å². The normalized spacial score (nSPS) is 19.3. The molecule has 1 aromatic rings. The van der Waals surface area contributed by atoms with Crippen molar-refractivity contribution in [3.05, 3.63) is 28.2 Å². The molecule has 1 aliphatic rings. The SMILES string of the molecule is O=C(NC[C@@H](O)COc1cccc(Cl)c1Cl)[C@@H]1CSCN1. The molecule has 0 aliphatic carbocycles. The molecule has 0 bridgehead atoms. The Bertz CT molecular complexity index is 498. The van der Waals surface area contributed by atoms with E-state index in [0.717, 1.165) is 11.6 Å². The van der Waals surface area contributed by atoms with Crippen LogP contribution in [0.2, 0.25) is 10.0 Å². The fraction of sp³-hybridized carbons (Fsp3) is 0.462. The molecule has 0 spiro atoms. The Balaban J connectivity index is 1.73. The van der Waals surface area contributed by atoms with Gasteiger partial charge in [-0.15, -0.1) is 11.8 Å². The van der Waals surface area contributed by atoms with Gasteiger partial charge in [-0.2, -0.15) is 0 Å². The van der Waals surface area contributed by atoms with Crippen LogP contribution in [-0.2, 0) is 4.79 Å². The Morgan fingerprint density at radius 1 is 1.57 bits per heavy atom. The maximum atomic E-state index is 11.7. The van der Waals surface area contributed by atoms with E-state index in [-0.39, 0.29) is 25.1 Å². The topological polar surface area (TPSA) is 70.6 Å². The number of hydrogen-bond donors (Lipinski definition) is 3. The number of benzene rings is 1. The Morgan fingerprint density at radius 2 is 2.38 bits per heavy atom. The monoisotopic (exact) mass is 350 g/mol. The second-order valence-corrected chi connectivity index (χ2v) is 6.35. The molecule has 0 saturated carbocycles. The first kappa shape index (κ1) is 16.7. The maximum Gasteiger partial charge on any atom is 0.238 e. The molecule has 0 aromatic heterocycles. The van der Waals surface area contributed by atoms with Crippen LogP contribution in [0.4, 0.5) is 0 Å². The number of aliphatic hydroxyl groups is 1. The number of carbonyl (C=O) groups excluding carboxylic acids is 1. The first-order valence-corrected chi connectivity index (χ1v) is 8.32. The van der Waals surface area contributed by atoms with Crippen LogP contribution in [0.3, 0.4) is 0 Å². The minimum absolute atomic E-state index is 0.0210. The van der Waals surface area contributed by atoms with Crippen molar-refractivity contribution in [3.8, 4) is 5.75 Å². The standard InChI is InChI=1S/C13H16Cl2N2O3S/c14-9-2-1-3-11(12(9)15)20-5-8(18)4-16-13(19)10-6-21-7-17-10/h1-3,8,10,17-18H,4-7H2,(H,16,19)/t8-,10+/m1/s1. The quantitative estimate of drug-likeness (QED) is 0.725. The lowest BCUT2D eigenvalue weighted by Crippen LogP contribution is -2.45. The van der Waals surface area contributed by atoms with Crippen LogP contribution in [0.25, 0.3) is 0 Å². The third-order valence-corrected chi connectivity index (χ3v) is 4.63. The molecule has 8 heteroatoms. The molecule has 116 valence electrons. The lowest BCUT2D eigenvalue weighted by molar-refractivity contribution is -0.122. The van der Waals surface area contributed by atoms with Gasteiger partial charge in [-0.05, 0) is 12.1 Å². The fourth-order valence-corrected chi connectivity index (χ4v) is 3.03. The van der Waals surface area contributed by atoms with Crippen LogP contribution in [0.1, 0.15) is 0 Å². The van der Waals surface area contributed by atoms with E-state index < -0.39 is 6.10 Å². The smallest absolute Gasteiger partial charge is 0.238 e. The minimum Gasteiger partial charge on any atom is -0.489 e. The lowest BCUT2D eigenvalue weighted by Gasteiger charge is -2.16. The van der Waals surface area contributed by atoms with E-state index >= 15 is 0 Å². The van der Waals surface area contributed by atoms with E-state index in [1.807, 2.05) is 0 Å². The van der Waals surface area contributed by atoms with Crippen molar-refractivity contribution in [1.29, 1.82) is 0 Å². The van der Waals surface area contributed by atoms with Crippen LogP contribution in [-0.4, -0.2) is 47.9 Å². The summed E-state index contributed by atoms with van der Waals surface area (Å²) in [7, 11) is 0. The lowest BCUT2D eigenvalue weighted by atomic mass is 10.3. The molecule has 0 unspecified atom stereocenters. The predicted octanol–water partition coefficient (Wildman–Crippen LogP) is 1.51. The molecule has 1 heterocycles. The van der Waals surface area contributed by atoms with E-state index in [4.69, 9.17) is 27.9 Å². The van der Waals surface area contributed by atoms with Gasteiger partial charge < -0.3 is 15.2 Å². The molecule has 2 rings (SSSR count). The van der Waals surface area contributed by atoms with Gasteiger partial charge in [0.05, 0.1) is 11.1 Å². The van der Waals surface area contributed by atoms with E-state index in [1.54, 1.807) is 30.0 Å². The summed E-state index contributed by atoms with van der Waals surface area (Å²) in [4.78, 5) is 11.7. The highest BCUT2D eigenvalue weighted by Crippen LogP contribution is 2.31. The van der Waals surface area contributed by atoms with Gasteiger partial charge in [0.1, 0.15) is 23.5 Å². The Morgan fingerprint density at radius 3 is 3.10 bits per heavy atom. The molecule has 21 heavy (non-hydrogen) atoms. The number of hydrogen-bond acceptors (Lipinski definition) is 5. The van der Waals surface area contributed by atoms with Crippen LogP contribution >= 0.6 is 35.0 Å². The third-order valence-electron chi connectivity index (χ3n) is 2.89. The van der Waals surface area contributed by atoms with Crippen LogP contribution < -0.4 is 15.4 Å². The predicted molar refractivity (Wildman–Crippen MR) is 85.2 cm³/mol. The van der Waals surface area contributed by atoms with E-state index in [1.165, 1.54) is 0 Å². The summed E-state index contributed by atoms with van der Waals surface area (Å²) in [6.45, 7) is 0.146. The number of carbonyl (C=O) groups is 1. The summed E-state index contributed by atoms with van der Waals surface area (Å²) in [6.07, 6.45) is -0.821. The van der Waals surface area contributed by atoms with Gasteiger partial charge in [-0.1, -0.05) is 29.3 Å². The van der Waals surface area contributed by atoms with Crippen LogP contribution in [0.15, 0.2) is 18.2 Å². The Hall–Kier alpha value is -0.660. The number of amides is 1. The fourth-order valence-electron chi connectivity index (χ4n) is 1.75. The van der Waals surface area contributed by atoms with Gasteiger partial charge in [0.2, 0.25) is 5.91 Å².